The number of anilines is 1. The summed E-state index contributed by atoms with van der Waals surface area (Å²) in [6, 6.07) is 15.0. The molecule has 41 heavy (non-hydrogen) atoms. The molecule has 230 valence electrons. The fourth-order valence-electron chi connectivity index (χ4n) is 3.79. The van der Waals surface area contributed by atoms with E-state index in [2.05, 4.69) is 4.99 Å². The molecule has 2 N–H and O–H groups in total. The number of nitrogens with zero attached hydrogens (tertiary/aromatic N) is 1. The minimum Gasteiger partial charge on any atom is -0.497 e. The standard InChI is InChI=1S/C17H25NO2.C10H20O2.C7H9NO/c1-20-17-12-10-16(11-13-17)18-14-8-6-4-2-3-5-7-9-15-19;1-12-10-8-6-4-2-3-5-7-9-11;1-9-7-4-2-6(8)3-5-7/h10-15H,2-9H2,1H3;9H,2-8,10H2,1H3;2-5H,8H2,1H3. The topological polar surface area (TPSA) is 100 Å². The molecule has 0 radical (unpaired) electrons. The van der Waals surface area contributed by atoms with Crippen molar-refractivity contribution in [3.63, 3.8) is 0 Å². The molecular formula is C34H54N2O5. The number of methoxy groups -OCH3 is 3. The van der Waals surface area contributed by atoms with Gasteiger partial charge in [-0.3, -0.25) is 4.99 Å². The number of hydrogen-bond donors (Lipinski definition) is 1. The van der Waals surface area contributed by atoms with E-state index in [1.54, 1.807) is 33.5 Å². The number of carbonyl (C=O) groups is 2. The molecule has 7 heteroatoms. The van der Waals surface area contributed by atoms with Gasteiger partial charge in [-0.1, -0.05) is 51.4 Å². The fraction of sp³-hybridized carbons (Fsp3) is 0.559. The van der Waals surface area contributed by atoms with Gasteiger partial charge in [0.2, 0.25) is 0 Å². The molecule has 0 aliphatic carbocycles. The van der Waals surface area contributed by atoms with E-state index in [-0.39, 0.29) is 0 Å². The maximum atomic E-state index is 10.1. The number of unbranched alkanes of at least 4 members (excludes halogenated alkanes) is 13. The van der Waals surface area contributed by atoms with Gasteiger partial charge >= 0.3 is 0 Å². The van der Waals surface area contributed by atoms with Crippen molar-refractivity contribution in [2.75, 3.05) is 33.7 Å². The summed E-state index contributed by atoms with van der Waals surface area (Å²) < 4.78 is 15.0. The first kappa shape index (κ1) is 37.8. The largest absolute Gasteiger partial charge is 0.497 e. The average molecular weight is 571 g/mol. The summed E-state index contributed by atoms with van der Waals surface area (Å²) in [5, 5.41) is 0. The van der Waals surface area contributed by atoms with Crippen molar-refractivity contribution in [1.29, 1.82) is 0 Å². The van der Waals surface area contributed by atoms with Gasteiger partial charge in [0.15, 0.2) is 0 Å². The molecule has 0 bridgehead atoms. The molecule has 0 fully saturated rings. The minimum atomic E-state index is 0.717. The van der Waals surface area contributed by atoms with Crippen LogP contribution in [0.1, 0.15) is 96.3 Å². The number of rotatable bonds is 21. The van der Waals surface area contributed by atoms with Crippen LogP contribution in [-0.2, 0) is 14.3 Å². The van der Waals surface area contributed by atoms with Crippen molar-refractivity contribution in [3.8, 4) is 11.5 Å². The van der Waals surface area contributed by atoms with E-state index in [1.807, 2.05) is 42.6 Å². The Hall–Kier alpha value is -3.19. The van der Waals surface area contributed by atoms with Crippen LogP contribution in [0.3, 0.4) is 0 Å². The molecule has 0 atom stereocenters. The van der Waals surface area contributed by atoms with Gasteiger partial charge in [0, 0.05) is 38.5 Å². The van der Waals surface area contributed by atoms with Crippen molar-refractivity contribution < 1.29 is 23.8 Å². The van der Waals surface area contributed by atoms with Crippen LogP contribution < -0.4 is 15.2 Å². The van der Waals surface area contributed by atoms with Crippen LogP contribution in [0.25, 0.3) is 0 Å². The number of hydrogen-bond acceptors (Lipinski definition) is 7. The number of aliphatic imine (C=N–C) groups is 1. The second-order valence-electron chi connectivity index (χ2n) is 9.72. The zero-order valence-corrected chi connectivity index (χ0v) is 25.7. The Balaban J connectivity index is 0.000000645. The Kier molecular flexibility index (Phi) is 27.5. The lowest BCUT2D eigenvalue weighted by Gasteiger charge is -1.99. The van der Waals surface area contributed by atoms with Gasteiger partial charge < -0.3 is 29.5 Å². The smallest absolute Gasteiger partial charge is 0.119 e. The van der Waals surface area contributed by atoms with E-state index in [1.165, 1.54) is 64.2 Å². The molecule has 2 rings (SSSR count). The molecule has 0 spiro atoms. The van der Waals surface area contributed by atoms with Crippen LogP contribution in [0.2, 0.25) is 0 Å². The maximum absolute atomic E-state index is 10.1. The van der Waals surface area contributed by atoms with Crippen LogP contribution in [-0.4, -0.2) is 46.7 Å². The van der Waals surface area contributed by atoms with Gasteiger partial charge in [0.25, 0.3) is 0 Å². The molecule has 0 saturated heterocycles. The van der Waals surface area contributed by atoms with Gasteiger partial charge in [-0.05, 0) is 80.6 Å². The number of carbonyl (C=O) groups excluding carboxylic acids is 2. The second kappa shape index (κ2) is 29.8. The Morgan fingerprint density at radius 2 is 1.00 bits per heavy atom. The lowest BCUT2D eigenvalue weighted by atomic mass is 10.1. The zero-order chi connectivity index (χ0) is 30.2. The van der Waals surface area contributed by atoms with Crippen LogP contribution in [0, 0.1) is 0 Å². The zero-order valence-electron chi connectivity index (χ0n) is 25.7. The monoisotopic (exact) mass is 570 g/mol. The first-order valence-corrected chi connectivity index (χ1v) is 15.0. The average Bonchev–Trinajstić information content (AvgIpc) is 3.01. The molecule has 0 saturated carbocycles. The van der Waals surface area contributed by atoms with Crippen LogP contribution in [0.5, 0.6) is 11.5 Å². The Labute approximate surface area is 248 Å². The van der Waals surface area contributed by atoms with Gasteiger partial charge in [0.05, 0.1) is 19.9 Å². The lowest BCUT2D eigenvalue weighted by molar-refractivity contribution is -0.108. The van der Waals surface area contributed by atoms with Crippen molar-refractivity contribution in [3.05, 3.63) is 48.5 Å². The van der Waals surface area contributed by atoms with Crippen molar-refractivity contribution in [2.24, 2.45) is 4.99 Å². The van der Waals surface area contributed by atoms with Crippen LogP contribution in [0.4, 0.5) is 11.4 Å². The highest BCUT2D eigenvalue weighted by Crippen LogP contribution is 2.17. The van der Waals surface area contributed by atoms with Crippen LogP contribution >= 0.6 is 0 Å². The van der Waals surface area contributed by atoms with Crippen molar-refractivity contribution in [1.82, 2.24) is 0 Å². The first-order chi connectivity index (χ1) is 20.1. The summed E-state index contributed by atoms with van der Waals surface area (Å²) in [5.41, 5.74) is 7.16. The molecule has 2 aromatic rings. The summed E-state index contributed by atoms with van der Waals surface area (Å²) in [7, 11) is 5.03. The predicted octanol–water partition coefficient (Wildman–Crippen LogP) is 8.56. The molecular weight excluding hydrogens is 516 g/mol. The molecule has 0 aromatic heterocycles. The van der Waals surface area contributed by atoms with E-state index in [0.29, 0.717) is 6.42 Å². The number of nitrogens with two attached hydrogens (primary N) is 1. The quantitative estimate of drug-likeness (QED) is 0.0698. The third kappa shape index (κ3) is 25.5. The number of benzene rings is 2. The third-order valence-electron chi connectivity index (χ3n) is 6.25. The molecule has 7 nitrogen and oxygen atoms in total. The van der Waals surface area contributed by atoms with E-state index in [0.717, 1.165) is 67.7 Å². The SMILES string of the molecule is COCCCCCCCCC=O.COc1ccc(N)cc1.COc1ccc(N=CCCCCCCCCC=O)cc1. The Morgan fingerprint density at radius 1 is 0.585 bits per heavy atom. The number of nitrogen functional groups attached to an aromatic ring is 1. The predicted molar refractivity (Wildman–Crippen MR) is 172 cm³/mol. The number of ether oxygens (including phenoxy) is 3. The molecule has 0 aliphatic heterocycles. The highest BCUT2D eigenvalue weighted by atomic mass is 16.5. The molecule has 0 aliphatic rings. The summed E-state index contributed by atoms with van der Waals surface area (Å²) in [4.78, 5) is 24.5. The van der Waals surface area contributed by atoms with Crippen molar-refractivity contribution in [2.45, 2.75) is 96.3 Å². The molecule has 0 heterocycles. The number of aldehydes is 2. The highest BCUT2D eigenvalue weighted by Gasteiger charge is 1.93. The molecule has 2 aromatic carbocycles. The Morgan fingerprint density at radius 3 is 1.44 bits per heavy atom. The van der Waals surface area contributed by atoms with E-state index in [9.17, 15) is 9.59 Å². The van der Waals surface area contributed by atoms with Crippen molar-refractivity contribution >= 4 is 30.2 Å². The van der Waals surface area contributed by atoms with Crippen LogP contribution in [0.15, 0.2) is 53.5 Å². The third-order valence-corrected chi connectivity index (χ3v) is 6.25. The van der Waals surface area contributed by atoms with Gasteiger partial charge in [-0.2, -0.15) is 0 Å². The Bertz CT molecular complexity index is 870. The fourth-order valence-corrected chi connectivity index (χ4v) is 3.79. The lowest BCUT2D eigenvalue weighted by Crippen LogP contribution is -1.88. The maximum Gasteiger partial charge on any atom is 0.119 e. The summed E-state index contributed by atoms with van der Waals surface area (Å²) >= 11 is 0. The summed E-state index contributed by atoms with van der Waals surface area (Å²) in [6.07, 6.45) is 20.9. The van der Waals surface area contributed by atoms with Gasteiger partial charge in [-0.15, -0.1) is 0 Å². The minimum absolute atomic E-state index is 0.717. The van der Waals surface area contributed by atoms with E-state index in [4.69, 9.17) is 19.9 Å². The first-order valence-electron chi connectivity index (χ1n) is 15.0. The van der Waals surface area contributed by atoms with Gasteiger partial charge in [-0.25, -0.2) is 0 Å². The van der Waals surface area contributed by atoms with Gasteiger partial charge in [0.1, 0.15) is 24.1 Å². The van der Waals surface area contributed by atoms with E-state index >= 15 is 0 Å². The molecule has 0 unspecified atom stereocenters. The summed E-state index contributed by atoms with van der Waals surface area (Å²) in [5.74, 6) is 1.70. The van der Waals surface area contributed by atoms with E-state index < -0.39 is 0 Å². The normalized spacial score (nSPS) is 10.2. The molecule has 0 amide bonds. The summed E-state index contributed by atoms with van der Waals surface area (Å²) in [6.45, 7) is 0.883. The second-order valence-corrected chi connectivity index (χ2v) is 9.72. The highest BCUT2D eigenvalue weighted by molar-refractivity contribution is 5.63.